The van der Waals surface area contributed by atoms with Gasteiger partial charge in [0.1, 0.15) is 6.61 Å². The maximum Gasteiger partial charge on any atom is 0.469 e. The van der Waals surface area contributed by atoms with Crippen LogP contribution in [-0.4, -0.2) is 41.0 Å². The highest BCUT2D eigenvalue weighted by atomic mass is 31.2. The normalized spacial score (nSPS) is 13.2. The Morgan fingerprint density at radius 3 is 1.44 bits per heavy atom. The van der Waals surface area contributed by atoms with Crippen LogP contribution in [0, 0.1) is 0 Å². The molecule has 0 saturated heterocycles. The Kier molecular flexibility index (Phi) is 33.0. The van der Waals surface area contributed by atoms with Crippen LogP contribution in [0.1, 0.15) is 155 Å². The van der Waals surface area contributed by atoms with Gasteiger partial charge < -0.3 is 19.3 Å². The third kappa shape index (κ3) is 36.6. The lowest BCUT2D eigenvalue weighted by Gasteiger charge is -2.18. The fourth-order valence-electron chi connectivity index (χ4n) is 4.70. The monoisotopic (exact) mass is 694 g/mol. The summed E-state index contributed by atoms with van der Waals surface area (Å²) >= 11 is 0. The summed E-state index contributed by atoms with van der Waals surface area (Å²) in [6.45, 7) is 3.56. The van der Waals surface area contributed by atoms with Crippen LogP contribution in [0.3, 0.4) is 0 Å². The van der Waals surface area contributed by atoms with Gasteiger partial charge in [-0.1, -0.05) is 120 Å². The van der Waals surface area contributed by atoms with Crippen LogP contribution in [0.25, 0.3) is 0 Å². The minimum atomic E-state index is -4.76. The molecule has 0 radical (unpaired) electrons. The molecule has 0 fully saturated rings. The van der Waals surface area contributed by atoms with Gasteiger partial charge in [-0.05, 0) is 83.5 Å². The van der Waals surface area contributed by atoms with Gasteiger partial charge >= 0.3 is 19.8 Å². The Morgan fingerprint density at radius 1 is 0.542 bits per heavy atom. The van der Waals surface area contributed by atoms with E-state index in [0.29, 0.717) is 12.8 Å². The highest BCUT2D eigenvalue weighted by molar-refractivity contribution is 7.46. The van der Waals surface area contributed by atoms with E-state index < -0.39 is 32.5 Å². The standard InChI is InChI=1S/C39H67O8P/c1-3-5-7-9-11-13-15-17-19-21-23-25-27-29-31-33-38(40)45-35-37(36-46-48(42,43)44)47-39(41)34-32-30-28-26-24-22-20-18-16-14-12-10-8-6-4-2/h11-14,17-20,23,25,37H,3-10,15-16,21-22,24,26-36H2,1-2H3,(H2,42,43,44)/b13-11-,14-12-,19-17-,20-18-,25-23-/t37-/m1/s1. The number of carbonyl (C=O) groups is 2. The number of carbonyl (C=O) groups excluding carboxylic acids is 2. The summed E-state index contributed by atoms with van der Waals surface area (Å²) in [6, 6.07) is 0. The Bertz CT molecular complexity index is 963. The molecule has 0 aliphatic rings. The van der Waals surface area contributed by atoms with Crippen LogP contribution in [0.2, 0.25) is 0 Å². The fraction of sp³-hybridized carbons (Fsp3) is 0.692. The third-order valence-electron chi connectivity index (χ3n) is 7.51. The van der Waals surface area contributed by atoms with E-state index in [1.165, 1.54) is 44.9 Å². The molecular formula is C39H67O8P. The summed E-state index contributed by atoms with van der Waals surface area (Å²) in [4.78, 5) is 42.7. The number of hydrogen-bond donors (Lipinski definition) is 2. The maximum absolute atomic E-state index is 12.3. The van der Waals surface area contributed by atoms with E-state index in [2.05, 4.69) is 79.1 Å². The van der Waals surface area contributed by atoms with Gasteiger partial charge in [0.25, 0.3) is 0 Å². The van der Waals surface area contributed by atoms with Crippen LogP contribution >= 0.6 is 7.82 Å². The van der Waals surface area contributed by atoms with Crippen molar-refractivity contribution in [2.24, 2.45) is 0 Å². The van der Waals surface area contributed by atoms with Gasteiger partial charge in [-0.15, -0.1) is 0 Å². The quantitative estimate of drug-likeness (QED) is 0.0301. The van der Waals surface area contributed by atoms with Gasteiger partial charge in [-0.25, -0.2) is 4.57 Å². The van der Waals surface area contributed by atoms with Crippen molar-refractivity contribution < 1.29 is 37.9 Å². The summed E-state index contributed by atoms with van der Waals surface area (Å²) in [5, 5.41) is 0. The predicted molar refractivity (Wildman–Crippen MR) is 197 cm³/mol. The van der Waals surface area contributed by atoms with Crippen LogP contribution in [-0.2, 0) is 28.2 Å². The van der Waals surface area contributed by atoms with E-state index in [1.54, 1.807) is 0 Å². The molecule has 0 heterocycles. The SMILES string of the molecule is CCCCC/C=C\C/C=C\C/C=C\CCCCC(=O)OC[C@H](COP(=O)(O)O)OC(=O)CCCCCCC/C=C\C/C=C\CCCCC. The number of rotatable bonds is 33. The maximum atomic E-state index is 12.3. The van der Waals surface area contributed by atoms with Gasteiger partial charge in [0.05, 0.1) is 6.61 Å². The second-order valence-electron chi connectivity index (χ2n) is 12.2. The second kappa shape index (κ2) is 34.6. The van der Waals surface area contributed by atoms with Crippen LogP contribution < -0.4 is 0 Å². The predicted octanol–water partition coefficient (Wildman–Crippen LogP) is 11.0. The van der Waals surface area contributed by atoms with Crippen LogP contribution in [0.4, 0.5) is 0 Å². The molecule has 0 amide bonds. The first-order valence-electron chi connectivity index (χ1n) is 18.6. The summed E-state index contributed by atoms with van der Waals surface area (Å²) in [7, 11) is -4.76. The number of phosphoric acid groups is 1. The van der Waals surface area contributed by atoms with E-state index in [0.717, 1.165) is 70.6 Å². The molecule has 0 bridgehead atoms. The molecule has 0 unspecified atom stereocenters. The van der Waals surface area contributed by atoms with Crippen LogP contribution in [0.5, 0.6) is 0 Å². The molecule has 0 aliphatic carbocycles. The minimum absolute atomic E-state index is 0.185. The first-order chi connectivity index (χ1) is 23.3. The molecule has 48 heavy (non-hydrogen) atoms. The summed E-state index contributed by atoms with van der Waals surface area (Å²) in [5.41, 5.74) is 0. The van der Waals surface area contributed by atoms with Crippen molar-refractivity contribution in [2.45, 2.75) is 161 Å². The molecule has 0 spiro atoms. The molecule has 0 aromatic rings. The molecular weight excluding hydrogens is 627 g/mol. The van der Waals surface area contributed by atoms with E-state index in [1.807, 2.05) is 0 Å². The molecule has 1 atom stereocenters. The minimum Gasteiger partial charge on any atom is -0.462 e. The van der Waals surface area contributed by atoms with Crippen molar-refractivity contribution in [1.29, 1.82) is 0 Å². The Balaban J connectivity index is 4.09. The zero-order valence-corrected chi connectivity index (χ0v) is 31.0. The van der Waals surface area contributed by atoms with Gasteiger partial charge in [0.2, 0.25) is 0 Å². The van der Waals surface area contributed by atoms with E-state index >= 15 is 0 Å². The van der Waals surface area contributed by atoms with Gasteiger partial charge in [0.15, 0.2) is 6.10 Å². The Hall–Kier alpha value is -2.25. The summed E-state index contributed by atoms with van der Waals surface area (Å²) < 4.78 is 26.2. The number of allylic oxidation sites excluding steroid dienone is 10. The topological polar surface area (TPSA) is 119 Å². The van der Waals surface area contributed by atoms with Gasteiger partial charge in [-0.3, -0.25) is 14.1 Å². The molecule has 276 valence electrons. The van der Waals surface area contributed by atoms with Crippen molar-refractivity contribution in [3.63, 3.8) is 0 Å². The lowest BCUT2D eigenvalue weighted by molar-refractivity contribution is -0.161. The summed E-state index contributed by atoms with van der Waals surface area (Å²) in [5.74, 6) is -0.952. The molecule has 2 N–H and O–H groups in total. The fourth-order valence-corrected chi connectivity index (χ4v) is 5.06. The smallest absolute Gasteiger partial charge is 0.462 e. The Labute approximate surface area is 292 Å². The van der Waals surface area contributed by atoms with Crippen molar-refractivity contribution >= 4 is 19.8 Å². The molecule has 0 rings (SSSR count). The highest BCUT2D eigenvalue weighted by Crippen LogP contribution is 2.35. The largest absolute Gasteiger partial charge is 0.469 e. The van der Waals surface area contributed by atoms with Crippen molar-refractivity contribution in [3.8, 4) is 0 Å². The molecule has 0 aromatic carbocycles. The first-order valence-corrected chi connectivity index (χ1v) is 20.1. The van der Waals surface area contributed by atoms with E-state index in [9.17, 15) is 14.2 Å². The van der Waals surface area contributed by atoms with E-state index in [4.69, 9.17) is 19.3 Å². The number of hydrogen-bond acceptors (Lipinski definition) is 6. The first kappa shape index (κ1) is 45.8. The number of phosphoric ester groups is 1. The Morgan fingerprint density at radius 2 is 0.938 bits per heavy atom. The van der Waals surface area contributed by atoms with Crippen molar-refractivity contribution in [1.82, 2.24) is 0 Å². The van der Waals surface area contributed by atoms with Crippen molar-refractivity contribution in [2.75, 3.05) is 13.2 Å². The average Bonchev–Trinajstić information content (AvgIpc) is 3.05. The molecule has 9 heteroatoms. The molecule has 0 aromatic heterocycles. The van der Waals surface area contributed by atoms with Crippen LogP contribution in [0.15, 0.2) is 60.8 Å². The van der Waals surface area contributed by atoms with Crippen molar-refractivity contribution in [3.05, 3.63) is 60.8 Å². The lowest BCUT2D eigenvalue weighted by atomic mass is 10.1. The lowest BCUT2D eigenvalue weighted by Crippen LogP contribution is -2.29. The van der Waals surface area contributed by atoms with Gasteiger partial charge in [-0.2, -0.15) is 0 Å². The molecule has 8 nitrogen and oxygen atoms in total. The third-order valence-corrected chi connectivity index (χ3v) is 7.99. The summed E-state index contributed by atoms with van der Waals surface area (Å²) in [6.07, 6.45) is 42.2. The average molecular weight is 695 g/mol. The second-order valence-corrected chi connectivity index (χ2v) is 13.4. The molecule has 0 saturated carbocycles. The van der Waals surface area contributed by atoms with E-state index in [-0.39, 0.29) is 19.4 Å². The number of ether oxygens (including phenoxy) is 2. The zero-order valence-electron chi connectivity index (χ0n) is 30.1. The zero-order chi connectivity index (χ0) is 35.4. The highest BCUT2D eigenvalue weighted by Gasteiger charge is 2.22. The number of esters is 2. The molecule has 0 aliphatic heterocycles. The van der Waals surface area contributed by atoms with Gasteiger partial charge in [0, 0.05) is 12.8 Å². The number of unbranched alkanes of at least 4 members (excludes halogenated alkanes) is 13.